The van der Waals surface area contributed by atoms with Crippen molar-refractivity contribution in [2.75, 3.05) is 7.11 Å². The van der Waals surface area contributed by atoms with Crippen LogP contribution in [0, 0.1) is 5.82 Å². The summed E-state index contributed by atoms with van der Waals surface area (Å²) in [5.74, 6) is -0.873. The number of halogens is 1. The molecule has 3 rings (SSSR count). The van der Waals surface area contributed by atoms with Crippen LogP contribution in [-0.2, 0) is 6.54 Å². The van der Waals surface area contributed by atoms with Gasteiger partial charge in [0.1, 0.15) is 0 Å². The van der Waals surface area contributed by atoms with E-state index in [4.69, 9.17) is 4.74 Å². The first-order valence-electron chi connectivity index (χ1n) is 7.13. The lowest BCUT2D eigenvalue weighted by Crippen LogP contribution is -2.24. The number of methoxy groups -OCH3 is 1. The SMILES string of the molecule is COc1ccc(C(=O)NCc2nccnc2-c2ccsc2)cc1F. The van der Waals surface area contributed by atoms with Crippen molar-refractivity contribution in [2.24, 2.45) is 0 Å². The zero-order chi connectivity index (χ0) is 16.9. The van der Waals surface area contributed by atoms with E-state index < -0.39 is 11.7 Å². The van der Waals surface area contributed by atoms with Gasteiger partial charge in [-0.05, 0) is 29.6 Å². The molecule has 0 aliphatic carbocycles. The number of nitrogens with zero attached hydrogens (tertiary/aromatic N) is 2. The van der Waals surface area contributed by atoms with E-state index in [0.29, 0.717) is 5.69 Å². The summed E-state index contributed by atoms with van der Waals surface area (Å²) >= 11 is 1.56. The zero-order valence-electron chi connectivity index (χ0n) is 12.8. The van der Waals surface area contributed by atoms with Crippen LogP contribution in [0.25, 0.3) is 11.3 Å². The Bertz CT molecular complexity index is 853. The summed E-state index contributed by atoms with van der Waals surface area (Å²) in [4.78, 5) is 20.8. The number of hydrogen-bond acceptors (Lipinski definition) is 5. The number of hydrogen-bond donors (Lipinski definition) is 1. The minimum absolute atomic E-state index is 0.0974. The van der Waals surface area contributed by atoms with Crippen molar-refractivity contribution < 1.29 is 13.9 Å². The van der Waals surface area contributed by atoms with Gasteiger partial charge >= 0.3 is 0 Å². The van der Waals surface area contributed by atoms with Crippen LogP contribution >= 0.6 is 11.3 Å². The Morgan fingerprint density at radius 3 is 2.83 bits per heavy atom. The molecule has 24 heavy (non-hydrogen) atoms. The van der Waals surface area contributed by atoms with Crippen LogP contribution in [-0.4, -0.2) is 23.0 Å². The molecule has 5 nitrogen and oxygen atoms in total. The first-order chi connectivity index (χ1) is 11.7. The van der Waals surface area contributed by atoms with Crippen LogP contribution in [0.4, 0.5) is 4.39 Å². The Morgan fingerprint density at radius 1 is 1.29 bits per heavy atom. The highest BCUT2D eigenvalue weighted by Gasteiger charge is 2.13. The topological polar surface area (TPSA) is 64.1 Å². The van der Waals surface area contributed by atoms with Gasteiger partial charge < -0.3 is 10.1 Å². The third-order valence-corrected chi connectivity index (χ3v) is 4.08. The maximum absolute atomic E-state index is 13.7. The molecule has 0 fully saturated rings. The molecule has 0 aliphatic heterocycles. The van der Waals surface area contributed by atoms with E-state index in [1.54, 1.807) is 23.7 Å². The first-order valence-corrected chi connectivity index (χ1v) is 8.07. The van der Waals surface area contributed by atoms with Gasteiger partial charge in [-0.25, -0.2) is 4.39 Å². The smallest absolute Gasteiger partial charge is 0.251 e. The van der Waals surface area contributed by atoms with E-state index in [-0.39, 0.29) is 17.9 Å². The lowest BCUT2D eigenvalue weighted by atomic mass is 10.1. The fourth-order valence-corrected chi connectivity index (χ4v) is 2.85. The Labute approximate surface area is 142 Å². The molecule has 0 aliphatic rings. The summed E-state index contributed by atoms with van der Waals surface area (Å²) in [5, 5.41) is 6.65. The number of ether oxygens (including phenoxy) is 1. The molecule has 1 N–H and O–H groups in total. The monoisotopic (exact) mass is 343 g/mol. The summed E-state index contributed by atoms with van der Waals surface area (Å²) in [6, 6.07) is 6.01. The number of rotatable bonds is 5. The van der Waals surface area contributed by atoms with E-state index in [1.165, 1.54) is 19.2 Å². The summed E-state index contributed by atoms with van der Waals surface area (Å²) < 4.78 is 18.5. The van der Waals surface area contributed by atoms with E-state index in [2.05, 4.69) is 15.3 Å². The fourth-order valence-electron chi connectivity index (χ4n) is 2.21. The first kappa shape index (κ1) is 16.1. The quantitative estimate of drug-likeness (QED) is 0.772. The average Bonchev–Trinajstić information content (AvgIpc) is 3.14. The summed E-state index contributed by atoms with van der Waals surface area (Å²) in [6.45, 7) is 0.200. The summed E-state index contributed by atoms with van der Waals surface area (Å²) in [7, 11) is 1.37. The standard InChI is InChI=1S/C17H14FN3O2S/c1-23-15-3-2-11(8-13(15)18)17(22)21-9-14-16(20-6-5-19-14)12-4-7-24-10-12/h2-8,10H,9H2,1H3,(H,21,22). The van der Waals surface area contributed by atoms with Crippen molar-refractivity contribution in [1.82, 2.24) is 15.3 Å². The third kappa shape index (κ3) is 3.41. The van der Waals surface area contributed by atoms with Crippen LogP contribution in [0.1, 0.15) is 16.1 Å². The molecule has 1 aromatic carbocycles. The Balaban J connectivity index is 1.74. The molecule has 0 atom stereocenters. The fraction of sp³-hybridized carbons (Fsp3) is 0.118. The molecule has 0 saturated heterocycles. The number of carbonyl (C=O) groups is 1. The van der Waals surface area contributed by atoms with Gasteiger partial charge in [0.25, 0.3) is 5.91 Å². The van der Waals surface area contributed by atoms with Crippen molar-refractivity contribution in [1.29, 1.82) is 0 Å². The van der Waals surface area contributed by atoms with Crippen LogP contribution < -0.4 is 10.1 Å². The summed E-state index contributed by atoms with van der Waals surface area (Å²) in [6.07, 6.45) is 3.18. The molecule has 0 saturated carbocycles. The molecule has 2 heterocycles. The van der Waals surface area contributed by atoms with Gasteiger partial charge in [-0.1, -0.05) is 0 Å². The Kier molecular flexibility index (Phi) is 4.81. The molecule has 0 unspecified atom stereocenters. The molecule has 7 heteroatoms. The maximum Gasteiger partial charge on any atom is 0.251 e. The van der Waals surface area contributed by atoms with Crippen LogP contribution in [0.5, 0.6) is 5.75 Å². The number of amides is 1. The summed E-state index contributed by atoms with van der Waals surface area (Å²) in [5.41, 5.74) is 2.54. The predicted octanol–water partition coefficient (Wildman–Crippen LogP) is 3.28. The van der Waals surface area contributed by atoms with E-state index >= 15 is 0 Å². The molecule has 0 bridgehead atoms. The minimum atomic E-state index is -0.580. The predicted molar refractivity (Wildman–Crippen MR) is 89.5 cm³/mol. The molecular weight excluding hydrogens is 329 g/mol. The number of thiophene rings is 1. The van der Waals surface area contributed by atoms with Gasteiger partial charge in [-0.2, -0.15) is 11.3 Å². The molecule has 1 amide bonds. The molecule has 122 valence electrons. The van der Waals surface area contributed by atoms with Crippen molar-refractivity contribution in [3.8, 4) is 17.0 Å². The normalized spacial score (nSPS) is 10.4. The lowest BCUT2D eigenvalue weighted by molar-refractivity contribution is 0.0950. The number of carbonyl (C=O) groups excluding carboxylic acids is 1. The number of aromatic nitrogens is 2. The molecular formula is C17H14FN3O2S. The highest BCUT2D eigenvalue weighted by molar-refractivity contribution is 7.08. The van der Waals surface area contributed by atoms with Crippen molar-refractivity contribution in [2.45, 2.75) is 6.54 Å². The molecule has 2 aromatic heterocycles. The number of benzene rings is 1. The highest BCUT2D eigenvalue weighted by atomic mass is 32.1. The average molecular weight is 343 g/mol. The molecule has 0 radical (unpaired) electrons. The largest absolute Gasteiger partial charge is 0.494 e. The Hall–Kier alpha value is -2.80. The second kappa shape index (κ2) is 7.18. The van der Waals surface area contributed by atoms with Crippen LogP contribution in [0.3, 0.4) is 0 Å². The highest BCUT2D eigenvalue weighted by Crippen LogP contribution is 2.22. The van der Waals surface area contributed by atoms with E-state index in [9.17, 15) is 9.18 Å². The van der Waals surface area contributed by atoms with Gasteiger partial charge in [-0.3, -0.25) is 14.8 Å². The lowest BCUT2D eigenvalue weighted by Gasteiger charge is -2.09. The van der Waals surface area contributed by atoms with Gasteiger partial charge in [0.2, 0.25) is 0 Å². The van der Waals surface area contributed by atoms with Crippen molar-refractivity contribution in [3.63, 3.8) is 0 Å². The maximum atomic E-state index is 13.7. The van der Waals surface area contributed by atoms with E-state index in [0.717, 1.165) is 17.3 Å². The van der Waals surface area contributed by atoms with E-state index in [1.807, 2.05) is 16.8 Å². The van der Waals surface area contributed by atoms with Crippen molar-refractivity contribution in [3.05, 3.63) is 64.5 Å². The zero-order valence-corrected chi connectivity index (χ0v) is 13.6. The van der Waals surface area contributed by atoms with Gasteiger partial charge in [0.05, 0.1) is 25.0 Å². The third-order valence-electron chi connectivity index (χ3n) is 3.40. The van der Waals surface area contributed by atoms with Crippen molar-refractivity contribution >= 4 is 17.2 Å². The molecule has 0 spiro atoms. The van der Waals surface area contributed by atoms with Crippen LogP contribution in [0.15, 0.2) is 47.4 Å². The van der Waals surface area contributed by atoms with Gasteiger partial charge in [-0.15, -0.1) is 0 Å². The molecule has 3 aromatic rings. The van der Waals surface area contributed by atoms with Gasteiger partial charge in [0.15, 0.2) is 11.6 Å². The van der Waals surface area contributed by atoms with Crippen LogP contribution in [0.2, 0.25) is 0 Å². The second-order valence-electron chi connectivity index (χ2n) is 4.90. The second-order valence-corrected chi connectivity index (χ2v) is 5.68. The van der Waals surface area contributed by atoms with Gasteiger partial charge in [0, 0.05) is 28.9 Å². The minimum Gasteiger partial charge on any atom is -0.494 e. The number of nitrogens with one attached hydrogen (secondary N) is 1. The Morgan fingerprint density at radius 2 is 2.12 bits per heavy atom.